The number of benzene rings is 2. The Hall–Kier alpha value is -1.56. The molecule has 0 radical (unpaired) electrons. The molecule has 0 aliphatic carbocycles. The first-order valence-electron chi connectivity index (χ1n) is 7.14. The van der Waals surface area contributed by atoms with Crippen LogP contribution in [0.25, 0.3) is 10.2 Å². The van der Waals surface area contributed by atoms with E-state index in [1.165, 1.54) is 4.70 Å². The molecule has 0 saturated carbocycles. The Morgan fingerprint density at radius 1 is 1.22 bits per heavy atom. The van der Waals surface area contributed by atoms with E-state index in [9.17, 15) is 4.79 Å². The maximum atomic E-state index is 11.9. The zero-order valence-electron chi connectivity index (χ0n) is 12.3. The third-order valence-electron chi connectivity index (χ3n) is 3.18. The summed E-state index contributed by atoms with van der Waals surface area (Å²) in [5.74, 6) is 1.21. The fourth-order valence-electron chi connectivity index (χ4n) is 2.11. The second kappa shape index (κ2) is 7.81. The van der Waals surface area contributed by atoms with E-state index in [0.29, 0.717) is 17.3 Å². The lowest BCUT2D eigenvalue weighted by atomic mass is 10.2. The number of thioether (sulfide) groups is 1. The van der Waals surface area contributed by atoms with E-state index in [-0.39, 0.29) is 5.91 Å². The molecular formula is C17H15ClN2OS2. The average Bonchev–Trinajstić information content (AvgIpc) is 2.96. The predicted molar refractivity (Wildman–Crippen MR) is 99.1 cm³/mol. The number of carbonyl (C=O) groups excluding carboxylic acids is 1. The third-order valence-corrected chi connectivity index (χ3v) is 5.57. The fraction of sp³-hybridized carbons (Fsp3) is 0.176. The highest BCUT2D eigenvalue weighted by Gasteiger charge is 2.06. The van der Waals surface area contributed by atoms with Crippen molar-refractivity contribution in [1.82, 2.24) is 10.3 Å². The SMILES string of the molecule is O=C(CSCc1nc2ccccc2s1)NCc1cccc(Cl)c1. The van der Waals surface area contributed by atoms with E-state index in [1.54, 1.807) is 23.1 Å². The summed E-state index contributed by atoms with van der Waals surface area (Å²) in [5.41, 5.74) is 2.03. The van der Waals surface area contributed by atoms with Crippen molar-refractivity contribution < 1.29 is 4.79 Å². The van der Waals surface area contributed by atoms with Crippen LogP contribution in [0.4, 0.5) is 0 Å². The van der Waals surface area contributed by atoms with Crippen LogP contribution in [-0.2, 0) is 17.1 Å². The zero-order valence-corrected chi connectivity index (χ0v) is 14.7. The van der Waals surface area contributed by atoms with E-state index < -0.39 is 0 Å². The van der Waals surface area contributed by atoms with Crippen LogP contribution in [0.2, 0.25) is 5.02 Å². The van der Waals surface area contributed by atoms with Gasteiger partial charge in [-0.1, -0.05) is 35.9 Å². The molecule has 0 bridgehead atoms. The van der Waals surface area contributed by atoms with Gasteiger partial charge in [0, 0.05) is 17.3 Å². The van der Waals surface area contributed by atoms with Crippen LogP contribution in [-0.4, -0.2) is 16.6 Å². The molecule has 0 atom stereocenters. The van der Waals surface area contributed by atoms with Crippen LogP contribution >= 0.6 is 34.7 Å². The van der Waals surface area contributed by atoms with E-state index in [2.05, 4.69) is 16.4 Å². The number of nitrogens with zero attached hydrogens (tertiary/aromatic N) is 1. The molecule has 0 aliphatic heterocycles. The van der Waals surface area contributed by atoms with Crippen LogP contribution in [0.5, 0.6) is 0 Å². The number of rotatable bonds is 6. The van der Waals surface area contributed by atoms with Crippen LogP contribution in [0, 0.1) is 0 Å². The number of aromatic nitrogens is 1. The Balaban J connectivity index is 1.44. The summed E-state index contributed by atoms with van der Waals surface area (Å²) in [4.78, 5) is 16.4. The second-order valence-corrected chi connectivity index (χ2v) is 7.51. The minimum absolute atomic E-state index is 0.0242. The van der Waals surface area contributed by atoms with Crippen LogP contribution in [0.3, 0.4) is 0 Å². The van der Waals surface area contributed by atoms with E-state index in [0.717, 1.165) is 21.8 Å². The van der Waals surface area contributed by atoms with Gasteiger partial charge in [-0.2, -0.15) is 0 Å². The molecule has 23 heavy (non-hydrogen) atoms. The van der Waals surface area contributed by atoms with Gasteiger partial charge in [-0.25, -0.2) is 4.98 Å². The van der Waals surface area contributed by atoms with Gasteiger partial charge in [0.05, 0.1) is 16.0 Å². The van der Waals surface area contributed by atoms with E-state index >= 15 is 0 Å². The van der Waals surface area contributed by atoms with Crippen molar-refractivity contribution in [3.05, 3.63) is 64.1 Å². The Morgan fingerprint density at radius 3 is 2.91 bits per heavy atom. The van der Waals surface area contributed by atoms with Gasteiger partial charge < -0.3 is 5.32 Å². The van der Waals surface area contributed by atoms with E-state index in [1.807, 2.05) is 42.5 Å². The number of nitrogens with one attached hydrogen (secondary N) is 1. The molecule has 0 saturated heterocycles. The van der Waals surface area contributed by atoms with Gasteiger partial charge in [-0.05, 0) is 29.8 Å². The minimum Gasteiger partial charge on any atom is -0.351 e. The summed E-state index contributed by atoms with van der Waals surface area (Å²) in [7, 11) is 0. The van der Waals surface area contributed by atoms with Gasteiger partial charge in [-0.3, -0.25) is 4.79 Å². The summed E-state index contributed by atoms with van der Waals surface area (Å²) in [6.45, 7) is 0.501. The number of hydrogen-bond donors (Lipinski definition) is 1. The van der Waals surface area contributed by atoms with Crippen molar-refractivity contribution in [2.75, 3.05) is 5.75 Å². The maximum Gasteiger partial charge on any atom is 0.230 e. The highest BCUT2D eigenvalue weighted by molar-refractivity contribution is 7.99. The van der Waals surface area contributed by atoms with Crippen LogP contribution in [0.1, 0.15) is 10.6 Å². The molecule has 2 aromatic carbocycles. The largest absolute Gasteiger partial charge is 0.351 e. The molecule has 118 valence electrons. The van der Waals surface area contributed by atoms with Gasteiger partial charge in [0.1, 0.15) is 5.01 Å². The summed E-state index contributed by atoms with van der Waals surface area (Å²) >= 11 is 9.18. The van der Waals surface area contributed by atoms with Crippen molar-refractivity contribution in [1.29, 1.82) is 0 Å². The summed E-state index contributed by atoms with van der Waals surface area (Å²) in [6.07, 6.45) is 0. The molecule has 1 aromatic heterocycles. The molecule has 1 N–H and O–H groups in total. The number of fused-ring (bicyclic) bond motifs is 1. The fourth-order valence-corrected chi connectivity index (χ4v) is 4.20. The molecule has 6 heteroatoms. The number of amides is 1. The molecule has 1 amide bonds. The van der Waals surface area contributed by atoms with Crippen molar-refractivity contribution >= 4 is 50.8 Å². The van der Waals surface area contributed by atoms with Gasteiger partial charge in [0.15, 0.2) is 0 Å². The quantitative estimate of drug-likeness (QED) is 0.702. The lowest BCUT2D eigenvalue weighted by Gasteiger charge is -2.05. The predicted octanol–water partition coefficient (Wildman–Crippen LogP) is 4.50. The molecule has 0 aliphatic rings. The highest BCUT2D eigenvalue weighted by atomic mass is 35.5. The first-order chi connectivity index (χ1) is 11.2. The second-order valence-electron chi connectivity index (χ2n) is 4.97. The Bertz CT molecular complexity index is 786. The lowest BCUT2D eigenvalue weighted by Crippen LogP contribution is -2.24. The van der Waals surface area contributed by atoms with Crippen molar-refractivity contribution in [3.63, 3.8) is 0 Å². The number of para-hydroxylation sites is 1. The topological polar surface area (TPSA) is 42.0 Å². The van der Waals surface area contributed by atoms with E-state index in [4.69, 9.17) is 11.6 Å². The summed E-state index contributed by atoms with van der Waals surface area (Å²) in [5, 5.41) is 4.64. The normalized spacial score (nSPS) is 10.8. The summed E-state index contributed by atoms with van der Waals surface area (Å²) in [6, 6.07) is 15.6. The molecule has 3 nitrogen and oxygen atoms in total. The van der Waals surface area contributed by atoms with Gasteiger partial charge >= 0.3 is 0 Å². The third kappa shape index (κ3) is 4.70. The maximum absolute atomic E-state index is 11.9. The zero-order chi connectivity index (χ0) is 16.1. The highest BCUT2D eigenvalue weighted by Crippen LogP contribution is 2.24. The minimum atomic E-state index is 0.0242. The molecule has 1 heterocycles. The first kappa shape index (κ1) is 16.3. The number of halogens is 1. The Morgan fingerprint density at radius 2 is 2.09 bits per heavy atom. The van der Waals surface area contributed by atoms with Crippen LogP contribution < -0.4 is 5.32 Å². The van der Waals surface area contributed by atoms with Crippen molar-refractivity contribution in [2.24, 2.45) is 0 Å². The Labute approximate surface area is 148 Å². The lowest BCUT2D eigenvalue weighted by molar-refractivity contribution is -0.118. The molecule has 3 aromatic rings. The monoisotopic (exact) mass is 362 g/mol. The standard InChI is InChI=1S/C17H15ClN2OS2/c18-13-5-3-4-12(8-13)9-19-16(21)10-22-11-17-20-14-6-1-2-7-15(14)23-17/h1-8H,9-11H2,(H,19,21). The van der Waals surface area contributed by atoms with Gasteiger partial charge in [0.25, 0.3) is 0 Å². The van der Waals surface area contributed by atoms with Crippen molar-refractivity contribution in [2.45, 2.75) is 12.3 Å². The van der Waals surface area contributed by atoms with Gasteiger partial charge in [-0.15, -0.1) is 23.1 Å². The molecule has 3 rings (SSSR count). The first-order valence-corrected chi connectivity index (χ1v) is 9.49. The average molecular weight is 363 g/mol. The molecular weight excluding hydrogens is 348 g/mol. The molecule has 0 spiro atoms. The smallest absolute Gasteiger partial charge is 0.230 e. The van der Waals surface area contributed by atoms with Gasteiger partial charge in [0.2, 0.25) is 5.91 Å². The Kier molecular flexibility index (Phi) is 5.54. The molecule has 0 unspecified atom stereocenters. The van der Waals surface area contributed by atoms with Crippen molar-refractivity contribution in [3.8, 4) is 0 Å². The number of carbonyl (C=O) groups is 1. The number of hydrogen-bond acceptors (Lipinski definition) is 4. The molecule has 0 fully saturated rings. The number of thiazole rings is 1. The van der Waals surface area contributed by atoms with Crippen LogP contribution in [0.15, 0.2) is 48.5 Å². The summed E-state index contributed by atoms with van der Waals surface area (Å²) < 4.78 is 1.19.